The van der Waals surface area contributed by atoms with Gasteiger partial charge in [0.1, 0.15) is 12.1 Å². The first-order valence-electron chi connectivity index (χ1n) is 16.6. The molecule has 1 aliphatic heterocycles. The second-order valence-corrected chi connectivity index (χ2v) is 15.3. The Bertz CT molecular complexity index is 1350. The van der Waals surface area contributed by atoms with Gasteiger partial charge in [0.05, 0.1) is 6.04 Å². The van der Waals surface area contributed by atoms with E-state index in [9.17, 15) is 24.0 Å². The second-order valence-electron chi connectivity index (χ2n) is 15.3. The van der Waals surface area contributed by atoms with E-state index in [0.717, 1.165) is 44.1 Å². The maximum Gasteiger partial charge on any atom is 0.315 e. The van der Waals surface area contributed by atoms with Crippen LogP contribution < -0.4 is 21.7 Å². The van der Waals surface area contributed by atoms with Crippen molar-refractivity contribution in [2.24, 2.45) is 28.4 Å². The molecule has 5 amide bonds. The molecule has 0 aromatic heterocycles. The third-order valence-electron chi connectivity index (χ3n) is 10.1. The molecule has 2 aliphatic carbocycles. The van der Waals surface area contributed by atoms with Gasteiger partial charge in [-0.05, 0) is 62.8 Å². The van der Waals surface area contributed by atoms with Gasteiger partial charge in [0.2, 0.25) is 17.6 Å². The van der Waals surface area contributed by atoms with Crippen molar-refractivity contribution in [1.82, 2.24) is 20.9 Å². The highest BCUT2D eigenvalue weighted by Crippen LogP contribution is 2.40. The third kappa shape index (κ3) is 8.28. The first-order chi connectivity index (χ1) is 21.6. The average Bonchev–Trinajstić information content (AvgIpc) is 3.50. The number of urea groups is 1. The van der Waals surface area contributed by atoms with Gasteiger partial charge < -0.3 is 26.6 Å². The maximum absolute atomic E-state index is 14.4. The number of carbonyl (C=O) groups excluding carboxylic acids is 5. The molecule has 4 rings (SSSR count). The number of primary amides is 1. The number of amides is 5. The molecule has 1 unspecified atom stereocenters. The van der Waals surface area contributed by atoms with Crippen LogP contribution in [-0.2, 0) is 25.6 Å². The Balaban J connectivity index is 1.57. The largest absolute Gasteiger partial charge is 0.363 e. The van der Waals surface area contributed by atoms with E-state index in [0.29, 0.717) is 19.3 Å². The van der Waals surface area contributed by atoms with Crippen LogP contribution in [0.3, 0.4) is 0 Å². The van der Waals surface area contributed by atoms with Gasteiger partial charge in [-0.3, -0.25) is 19.2 Å². The lowest BCUT2D eigenvalue weighted by molar-refractivity contribution is -0.144. The number of terminal acetylenes is 1. The van der Waals surface area contributed by atoms with Gasteiger partial charge in [0, 0.05) is 23.4 Å². The number of nitrogens with one attached hydrogen (secondary N) is 3. The van der Waals surface area contributed by atoms with Crippen LogP contribution >= 0.6 is 0 Å². The number of rotatable bonds is 12. The Kier molecular flexibility index (Phi) is 10.5. The summed E-state index contributed by atoms with van der Waals surface area (Å²) < 4.78 is 0. The Morgan fingerprint density at radius 2 is 1.63 bits per heavy atom. The fraction of sp³-hybridized carbons (Fsp3) is 0.639. The van der Waals surface area contributed by atoms with Crippen molar-refractivity contribution in [1.29, 1.82) is 0 Å². The van der Waals surface area contributed by atoms with Crippen LogP contribution in [0.15, 0.2) is 30.3 Å². The molecule has 1 saturated heterocycles. The second kappa shape index (κ2) is 13.9. The van der Waals surface area contributed by atoms with Gasteiger partial charge in [-0.1, -0.05) is 76.8 Å². The smallest absolute Gasteiger partial charge is 0.315 e. The molecular weight excluding hydrogens is 582 g/mol. The SMILES string of the molecule is C#CC(C)(C)[C@H]1CCN(C(=O)[C@@H](NC(=O)NC2(Cc3ccccc3)CCCC2)C(C)(C)C)[C@@H]1C(=O)NC(CC1CC1)C(=O)C(N)=O. The topological polar surface area (TPSA) is 151 Å². The van der Waals surface area contributed by atoms with Gasteiger partial charge in [-0.25, -0.2) is 4.79 Å². The fourth-order valence-corrected chi connectivity index (χ4v) is 7.18. The predicted molar refractivity (Wildman–Crippen MR) is 176 cm³/mol. The van der Waals surface area contributed by atoms with Gasteiger partial charge in [0.25, 0.3) is 5.91 Å². The van der Waals surface area contributed by atoms with E-state index in [1.165, 1.54) is 4.90 Å². The quantitative estimate of drug-likeness (QED) is 0.205. The summed E-state index contributed by atoms with van der Waals surface area (Å²) in [4.78, 5) is 68.2. The van der Waals surface area contributed by atoms with Crippen molar-refractivity contribution >= 4 is 29.5 Å². The molecule has 0 bridgehead atoms. The summed E-state index contributed by atoms with van der Waals surface area (Å²) in [6.45, 7) is 9.56. The van der Waals surface area contributed by atoms with Crippen molar-refractivity contribution in [3.8, 4) is 12.3 Å². The highest BCUT2D eigenvalue weighted by Gasteiger charge is 2.51. The van der Waals surface area contributed by atoms with Gasteiger partial charge in [-0.15, -0.1) is 12.3 Å². The van der Waals surface area contributed by atoms with E-state index in [-0.39, 0.29) is 12.5 Å². The minimum absolute atomic E-state index is 0.228. The summed E-state index contributed by atoms with van der Waals surface area (Å²) in [5, 5.41) is 8.97. The number of nitrogens with two attached hydrogens (primary N) is 1. The molecule has 46 heavy (non-hydrogen) atoms. The van der Waals surface area contributed by atoms with E-state index < -0.39 is 69.9 Å². The van der Waals surface area contributed by atoms with E-state index in [1.807, 2.05) is 52.8 Å². The normalized spacial score (nSPS) is 22.3. The standard InChI is InChI=1S/C36H51N5O5/c1-7-35(5,6)25-17-20-41(27(25)31(44)38-26(21-23-15-16-23)28(42)30(37)43)32(45)29(34(2,3)4)39-33(46)40-36(18-11-12-19-36)22-24-13-9-8-10-14-24/h1,8-10,13-14,23,25-27,29H,11-12,15-22H2,2-6H3,(H2,37,43)(H,38,44)(H2,39,40,46)/t25-,26?,27-,29+/m0/s1. The number of carbonyl (C=O) groups is 5. The molecule has 5 N–H and O–H groups in total. The summed E-state index contributed by atoms with van der Waals surface area (Å²) in [5.41, 5.74) is 4.58. The molecule has 0 spiro atoms. The minimum Gasteiger partial charge on any atom is -0.363 e. The van der Waals surface area contributed by atoms with Crippen molar-refractivity contribution in [2.75, 3.05) is 6.54 Å². The molecule has 0 radical (unpaired) electrons. The summed E-state index contributed by atoms with van der Waals surface area (Å²) >= 11 is 0. The molecule has 4 atom stereocenters. The van der Waals surface area contributed by atoms with Crippen molar-refractivity contribution in [3.05, 3.63) is 35.9 Å². The van der Waals surface area contributed by atoms with Crippen LogP contribution in [0.5, 0.6) is 0 Å². The van der Waals surface area contributed by atoms with Crippen LogP contribution in [0.2, 0.25) is 0 Å². The Hall–Kier alpha value is -3.87. The first-order valence-corrected chi connectivity index (χ1v) is 16.6. The number of hydrogen-bond acceptors (Lipinski definition) is 5. The molecule has 1 heterocycles. The van der Waals surface area contributed by atoms with Crippen LogP contribution in [0.4, 0.5) is 4.79 Å². The monoisotopic (exact) mass is 633 g/mol. The molecule has 1 aromatic carbocycles. The highest BCUT2D eigenvalue weighted by molar-refractivity contribution is 6.37. The lowest BCUT2D eigenvalue weighted by Crippen LogP contribution is -2.62. The number of nitrogens with zero attached hydrogens (tertiary/aromatic N) is 1. The Labute approximate surface area is 273 Å². The van der Waals surface area contributed by atoms with Crippen molar-refractivity contribution in [3.63, 3.8) is 0 Å². The molecular formula is C36H51N5O5. The number of hydrogen-bond donors (Lipinski definition) is 4. The number of ketones is 1. The zero-order valence-corrected chi connectivity index (χ0v) is 28.0. The van der Waals surface area contributed by atoms with Gasteiger partial charge in [0.15, 0.2) is 0 Å². The first kappa shape index (κ1) is 35.0. The molecule has 3 fully saturated rings. The fourth-order valence-electron chi connectivity index (χ4n) is 7.18. The summed E-state index contributed by atoms with van der Waals surface area (Å²) in [6, 6.07) is 6.59. The lowest BCUT2D eigenvalue weighted by Gasteiger charge is -2.39. The van der Waals surface area contributed by atoms with Crippen molar-refractivity contribution in [2.45, 2.75) is 116 Å². The number of likely N-dealkylation sites (tertiary alicyclic amines) is 1. The zero-order valence-electron chi connectivity index (χ0n) is 28.0. The average molecular weight is 634 g/mol. The molecule has 1 aromatic rings. The van der Waals surface area contributed by atoms with E-state index in [2.05, 4.69) is 34.0 Å². The minimum atomic E-state index is -1.11. The number of Topliss-reactive ketones (excluding diaryl/α,β-unsaturated/α-hetero) is 1. The maximum atomic E-state index is 14.4. The molecule has 10 nitrogen and oxygen atoms in total. The van der Waals surface area contributed by atoms with E-state index in [1.54, 1.807) is 0 Å². The van der Waals surface area contributed by atoms with Crippen LogP contribution in [0, 0.1) is 35.0 Å². The van der Waals surface area contributed by atoms with Crippen LogP contribution in [0.1, 0.15) is 91.5 Å². The summed E-state index contributed by atoms with van der Waals surface area (Å²) in [7, 11) is 0. The van der Waals surface area contributed by atoms with E-state index in [4.69, 9.17) is 12.2 Å². The zero-order chi connectivity index (χ0) is 33.9. The Morgan fingerprint density at radius 1 is 1.00 bits per heavy atom. The van der Waals surface area contributed by atoms with E-state index >= 15 is 0 Å². The van der Waals surface area contributed by atoms with Gasteiger partial charge in [-0.2, -0.15) is 0 Å². The summed E-state index contributed by atoms with van der Waals surface area (Å²) in [5.74, 6) is -0.332. The highest BCUT2D eigenvalue weighted by atomic mass is 16.2. The summed E-state index contributed by atoms with van der Waals surface area (Å²) in [6.07, 6.45) is 12.9. The molecule has 250 valence electrons. The van der Waals surface area contributed by atoms with Gasteiger partial charge >= 0.3 is 6.03 Å². The third-order valence-corrected chi connectivity index (χ3v) is 10.1. The molecule has 10 heteroatoms. The predicted octanol–water partition coefficient (Wildman–Crippen LogP) is 3.47. The molecule has 2 saturated carbocycles. The lowest BCUT2D eigenvalue weighted by atomic mass is 9.75. The molecule has 3 aliphatic rings. The van der Waals surface area contributed by atoms with Crippen LogP contribution in [-0.4, -0.2) is 64.6 Å². The number of benzene rings is 1. The Morgan fingerprint density at radius 3 is 2.17 bits per heavy atom. The van der Waals surface area contributed by atoms with Crippen LogP contribution in [0.25, 0.3) is 0 Å². The van der Waals surface area contributed by atoms with Crippen molar-refractivity contribution < 1.29 is 24.0 Å².